The van der Waals surface area contributed by atoms with E-state index in [0.29, 0.717) is 18.4 Å². The molecule has 2 aromatic heterocycles. The Balaban J connectivity index is 1.43. The van der Waals surface area contributed by atoms with Crippen LogP contribution in [-0.4, -0.2) is 68.2 Å². The van der Waals surface area contributed by atoms with Gasteiger partial charge in [0.15, 0.2) is 5.65 Å². The van der Waals surface area contributed by atoms with E-state index in [0.717, 1.165) is 34.2 Å². The number of carbonyl (C=O) groups excluding carboxylic acids is 1. The lowest BCUT2D eigenvalue weighted by atomic mass is 10.2. The Labute approximate surface area is 165 Å². The number of halogens is 1. The van der Waals surface area contributed by atoms with E-state index in [1.807, 2.05) is 15.7 Å². The Morgan fingerprint density at radius 3 is 3.00 bits per heavy atom. The number of aromatic nitrogens is 4. The van der Waals surface area contributed by atoms with E-state index in [1.165, 1.54) is 19.2 Å². The number of hydrogen-bond acceptors (Lipinski definition) is 6. The zero-order valence-corrected chi connectivity index (χ0v) is 16.8. The first kappa shape index (κ1) is 17.7. The van der Waals surface area contributed by atoms with Crippen LogP contribution in [0.2, 0.25) is 0 Å². The van der Waals surface area contributed by atoms with Crippen molar-refractivity contribution in [2.75, 3.05) is 32.4 Å². The molecule has 0 aromatic carbocycles. The van der Waals surface area contributed by atoms with E-state index in [-0.39, 0.29) is 11.9 Å². The summed E-state index contributed by atoms with van der Waals surface area (Å²) in [5.74, 6) is 0.510. The fourth-order valence-corrected chi connectivity index (χ4v) is 4.19. The first-order valence-electron chi connectivity index (χ1n) is 8.84. The maximum absolute atomic E-state index is 12.5. The van der Waals surface area contributed by atoms with Crippen molar-refractivity contribution in [3.63, 3.8) is 0 Å². The van der Waals surface area contributed by atoms with Gasteiger partial charge in [-0.25, -0.2) is 14.6 Å². The lowest BCUT2D eigenvalue weighted by molar-refractivity contribution is -0.125. The first-order chi connectivity index (χ1) is 12.5. The molecule has 1 aliphatic carbocycles. The molecule has 138 valence electrons. The molecule has 0 radical (unpaired) electrons. The van der Waals surface area contributed by atoms with Gasteiger partial charge in [0.25, 0.3) is 0 Å². The van der Waals surface area contributed by atoms with Crippen LogP contribution in [0.1, 0.15) is 25.3 Å². The molecule has 2 aliphatic rings. The summed E-state index contributed by atoms with van der Waals surface area (Å²) in [6.45, 7) is 2.19. The van der Waals surface area contributed by atoms with Crippen molar-refractivity contribution >= 4 is 45.3 Å². The minimum Gasteiger partial charge on any atom is -0.383 e. The second-order valence-electron chi connectivity index (χ2n) is 6.99. The van der Waals surface area contributed by atoms with Crippen LogP contribution in [0.25, 0.3) is 11.0 Å². The van der Waals surface area contributed by atoms with Crippen molar-refractivity contribution < 1.29 is 4.79 Å². The molecule has 1 unspecified atom stereocenters. The lowest BCUT2D eigenvalue weighted by Gasteiger charge is -2.16. The van der Waals surface area contributed by atoms with E-state index in [9.17, 15) is 4.79 Å². The van der Waals surface area contributed by atoms with Gasteiger partial charge in [0.1, 0.15) is 15.8 Å². The predicted molar refractivity (Wildman–Crippen MR) is 107 cm³/mol. The molecule has 26 heavy (non-hydrogen) atoms. The number of likely N-dealkylation sites (tertiary alicyclic amines) is 1. The van der Waals surface area contributed by atoms with Gasteiger partial charge < -0.3 is 10.6 Å². The molecule has 8 nitrogen and oxygen atoms in total. The summed E-state index contributed by atoms with van der Waals surface area (Å²) in [5, 5.41) is 5.39. The maximum Gasteiger partial charge on any atom is 0.246 e. The molecule has 1 saturated heterocycles. The number of fused-ring (bicyclic) bond motifs is 1. The van der Waals surface area contributed by atoms with Crippen LogP contribution >= 0.6 is 22.6 Å². The molecule has 1 atom stereocenters. The second kappa shape index (κ2) is 7.10. The van der Waals surface area contributed by atoms with Gasteiger partial charge >= 0.3 is 0 Å². The summed E-state index contributed by atoms with van der Waals surface area (Å²) in [6.07, 6.45) is 8.54. The highest BCUT2D eigenvalue weighted by Crippen LogP contribution is 2.29. The molecular formula is C17H22IN7O. The largest absolute Gasteiger partial charge is 0.383 e. The number of hydrogen-bond donors (Lipinski definition) is 1. The average Bonchev–Trinajstić information content (AvgIpc) is 3.26. The van der Waals surface area contributed by atoms with Crippen LogP contribution in [0.15, 0.2) is 18.5 Å². The highest BCUT2D eigenvalue weighted by molar-refractivity contribution is 14.1. The Kier molecular flexibility index (Phi) is 4.82. The quantitative estimate of drug-likeness (QED) is 0.529. The number of anilines is 1. The Morgan fingerprint density at radius 1 is 1.42 bits per heavy atom. The normalized spacial score (nSPS) is 20.7. The molecule has 9 heteroatoms. The monoisotopic (exact) mass is 467 g/mol. The fourth-order valence-electron chi connectivity index (χ4n) is 3.44. The highest BCUT2D eigenvalue weighted by Gasteiger charge is 2.29. The van der Waals surface area contributed by atoms with Crippen LogP contribution in [0.4, 0.5) is 5.82 Å². The molecule has 0 spiro atoms. The van der Waals surface area contributed by atoms with Crippen LogP contribution in [0, 0.1) is 3.70 Å². The van der Waals surface area contributed by atoms with Crippen molar-refractivity contribution in [3.8, 4) is 0 Å². The fraction of sp³-hybridized carbons (Fsp3) is 0.529. The number of nitrogens with zero attached hydrogens (tertiary/aromatic N) is 6. The van der Waals surface area contributed by atoms with Crippen molar-refractivity contribution in [2.24, 2.45) is 0 Å². The molecule has 1 amide bonds. The number of rotatable bonds is 5. The standard InChI is InChI=1S/C17H22IN7O/c1-23(11-4-5-11)7-2-3-13(26)24-8-6-12(9-24)25-17-14(15(18)22-25)16(19)20-10-21-17/h2-3,10-12H,4-9H2,1H3,(H2,19,20,21)/b3-2+. The van der Waals surface area contributed by atoms with Gasteiger partial charge in [-0.2, -0.15) is 5.10 Å². The third-order valence-electron chi connectivity index (χ3n) is 5.12. The Hall–Kier alpha value is -1.75. The van der Waals surface area contributed by atoms with Gasteiger partial charge in [-0.3, -0.25) is 9.69 Å². The summed E-state index contributed by atoms with van der Waals surface area (Å²) >= 11 is 2.16. The number of nitrogens with two attached hydrogens (primary N) is 1. The third-order valence-corrected chi connectivity index (χ3v) is 5.88. The molecule has 0 bridgehead atoms. The maximum atomic E-state index is 12.5. The van der Waals surface area contributed by atoms with Crippen molar-refractivity contribution in [1.29, 1.82) is 0 Å². The van der Waals surface area contributed by atoms with Gasteiger partial charge in [0, 0.05) is 31.8 Å². The number of amides is 1. The van der Waals surface area contributed by atoms with Gasteiger partial charge in [-0.15, -0.1) is 0 Å². The summed E-state index contributed by atoms with van der Waals surface area (Å²) in [6, 6.07) is 0.817. The summed E-state index contributed by atoms with van der Waals surface area (Å²) < 4.78 is 2.69. The Morgan fingerprint density at radius 2 is 2.23 bits per heavy atom. The average molecular weight is 467 g/mol. The van der Waals surface area contributed by atoms with E-state index in [4.69, 9.17) is 5.73 Å². The Bertz CT molecular complexity index is 860. The van der Waals surface area contributed by atoms with Gasteiger partial charge in [0.05, 0.1) is 11.4 Å². The predicted octanol–water partition coefficient (Wildman–Crippen LogP) is 1.44. The smallest absolute Gasteiger partial charge is 0.246 e. The molecule has 2 aromatic rings. The first-order valence-corrected chi connectivity index (χ1v) is 9.92. The second-order valence-corrected chi connectivity index (χ2v) is 8.01. The molecule has 1 saturated carbocycles. The number of carbonyl (C=O) groups is 1. The summed E-state index contributed by atoms with van der Waals surface area (Å²) in [4.78, 5) is 25.0. The van der Waals surface area contributed by atoms with Gasteiger partial charge in [0.2, 0.25) is 5.91 Å². The topological polar surface area (TPSA) is 93.2 Å². The summed E-state index contributed by atoms with van der Waals surface area (Å²) in [5.41, 5.74) is 6.70. The zero-order chi connectivity index (χ0) is 18.3. The summed E-state index contributed by atoms with van der Waals surface area (Å²) in [7, 11) is 2.11. The van der Waals surface area contributed by atoms with E-state index in [2.05, 4.69) is 49.6 Å². The molecule has 2 fully saturated rings. The molecular weight excluding hydrogens is 445 g/mol. The minimum absolute atomic E-state index is 0.0667. The molecule has 2 N–H and O–H groups in total. The van der Waals surface area contributed by atoms with Crippen molar-refractivity contribution in [3.05, 3.63) is 22.2 Å². The van der Waals surface area contributed by atoms with E-state index in [1.54, 1.807) is 6.08 Å². The van der Waals surface area contributed by atoms with E-state index < -0.39 is 0 Å². The number of likely N-dealkylation sites (N-methyl/N-ethyl adjacent to an activating group) is 1. The SMILES string of the molecule is CN(C/C=C/C(=O)N1CCC(n2nc(I)c3c(N)ncnc32)C1)C1CC1. The minimum atomic E-state index is 0.0667. The van der Waals surface area contributed by atoms with Gasteiger partial charge in [-0.1, -0.05) is 6.08 Å². The van der Waals surface area contributed by atoms with Gasteiger partial charge in [-0.05, 0) is 48.9 Å². The van der Waals surface area contributed by atoms with Crippen LogP contribution in [0.3, 0.4) is 0 Å². The van der Waals surface area contributed by atoms with Crippen molar-refractivity contribution in [2.45, 2.75) is 31.3 Å². The van der Waals surface area contributed by atoms with E-state index >= 15 is 0 Å². The van der Waals surface area contributed by atoms with Crippen molar-refractivity contribution in [1.82, 2.24) is 29.5 Å². The third kappa shape index (κ3) is 3.41. The number of nitrogen functional groups attached to an aromatic ring is 1. The van der Waals surface area contributed by atoms with Crippen LogP contribution in [0.5, 0.6) is 0 Å². The van der Waals surface area contributed by atoms with Crippen LogP contribution in [-0.2, 0) is 4.79 Å². The molecule has 3 heterocycles. The molecule has 4 rings (SSSR count). The van der Waals surface area contributed by atoms with Crippen LogP contribution < -0.4 is 5.73 Å². The lowest BCUT2D eigenvalue weighted by Crippen LogP contribution is -2.28. The zero-order valence-electron chi connectivity index (χ0n) is 14.7. The molecule has 1 aliphatic heterocycles. The highest BCUT2D eigenvalue weighted by atomic mass is 127.